The van der Waals surface area contributed by atoms with Crippen LogP contribution in [0.2, 0.25) is 0 Å². The molecule has 1 aromatic carbocycles. The van der Waals surface area contributed by atoms with Crippen LogP contribution in [0, 0.1) is 0 Å². The lowest BCUT2D eigenvalue weighted by Crippen LogP contribution is -2.42. The van der Waals surface area contributed by atoms with E-state index in [4.69, 9.17) is 4.74 Å². The third-order valence-electron chi connectivity index (χ3n) is 5.22. The molecule has 0 bridgehead atoms. The van der Waals surface area contributed by atoms with Crippen LogP contribution < -0.4 is 5.32 Å². The van der Waals surface area contributed by atoms with E-state index in [2.05, 4.69) is 10.3 Å². The first kappa shape index (κ1) is 23.3. The number of hydrogen-bond donors (Lipinski definition) is 1. The zero-order valence-electron chi connectivity index (χ0n) is 18.5. The highest BCUT2D eigenvalue weighted by Crippen LogP contribution is 2.22. The molecule has 1 unspecified atom stereocenters. The van der Waals surface area contributed by atoms with Crippen LogP contribution in [-0.2, 0) is 33.4 Å². The van der Waals surface area contributed by atoms with Crippen LogP contribution in [0.15, 0.2) is 41.7 Å². The van der Waals surface area contributed by atoms with Crippen LogP contribution >= 0.6 is 0 Å². The van der Waals surface area contributed by atoms with Gasteiger partial charge < -0.3 is 19.5 Å². The van der Waals surface area contributed by atoms with Crippen molar-refractivity contribution < 1.29 is 17.9 Å². The molecule has 9 heteroatoms. The minimum absolute atomic E-state index is 0.0140. The molecule has 1 atom stereocenters. The number of hydrogen-bond acceptors (Lipinski definition) is 5. The van der Waals surface area contributed by atoms with Gasteiger partial charge in [0.1, 0.15) is 0 Å². The van der Waals surface area contributed by atoms with Crippen molar-refractivity contribution in [2.45, 2.75) is 69.8 Å². The molecular formula is C22H32N4O4S. The Bertz CT molecular complexity index is 967. The maximum absolute atomic E-state index is 13.2. The van der Waals surface area contributed by atoms with Crippen molar-refractivity contribution in [3.63, 3.8) is 0 Å². The number of sulfone groups is 1. The molecule has 3 rings (SSSR count). The second kappa shape index (κ2) is 10.3. The molecule has 0 radical (unpaired) electrons. The topological polar surface area (TPSA) is 93.5 Å². The largest absolute Gasteiger partial charge is 0.376 e. The van der Waals surface area contributed by atoms with E-state index in [-0.39, 0.29) is 35.6 Å². The molecule has 170 valence electrons. The summed E-state index contributed by atoms with van der Waals surface area (Å²) in [5.74, 6) is -0.124. The smallest absolute Gasteiger partial charge is 0.317 e. The van der Waals surface area contributed by atoms with Gasteiger partial charge in [0, 0.05) is 19.2 Å². The first-order valence-corrected chi connectivity index (χ1v) is 12.4. The molecule has 2 aromatic rings. The number of amides is 2. The van der Waals surface area contributed by atoms with E-state index in [1.165, 1.54) is 0 Å². The number of urea groups is 1. The van der Waals surface area contributed by atoms with Gasteiger partial charge in [0.15, 0.2) is 0 Å². The van der Waals surface area contributed by atoms with Gasteiger partial charge in [-0.05, 0) is 39.2 Å². The summed E-state index contributed by atoms with van der Waals surface area (Å²) in [4.78, 5) is 18.5. The van der Waals surface area contributed by atoms with Crippen LogP contribution in [0.3, 0.4) is 0 Å². The zero-order chi connectivity index (χ0) is 22.4. The molecule has 0 saturated carbocycles. The van der Waals surface area contributed by atoms with Crippen LogP contribution in [0.25, 0.3) is 0 Å². The minimum Gasteiger partial charge on any atom is -0.376 e. The summed E-state index contributed by atoms with van der Waals surface area (Å²) in [5, 5.41) is 2.92. The number of nitrogens with zero attached hydrogens (tertiary/aromatic N) is 3. The Morgan fingerprint density at radius 3 is 2.68 bits per heavy atom. The maximum atomic E-state index is 13.2. The van der Waals surface area contributed by atoms with Crippen LogP contribution in [0.5, 0.6) is 0 Å². The fraction of sp³-hybridized carbons (Fsp3) is 0.545. The summed E-state index contributed by atoms with van der Waals surface area (Å²) in [6.45, 7) is 7.56. The minimum atomic E-state index is -3.67. The summed E-state index contributed by atoms with van der Waals surface area (Å²) in [7, 11) is -3.67. The number of imidazole rings is 1. The van der Waals surface area contributed by atoms with Gasteiger partial charge in [-0.2, -0.15) is 0 Å². The average molecular weight is 449 g/mol. The van der Waals surface area contributed by atoms with Gasteiger partial charge in [-0.15, -0.1) is 0 Å². The van der Waals surface area contributed by atoms with Crippen molar-refractivity contribution in [1.29, 1.82) is 0 Å². The molecule has 1 N–H and O–H groups in total. The van der Waals surface area contributed by atoms with Crippen molar-refractivity contribution in [3.05, 3.63) is 47.8 Å². The predicted octanol–water partition coefficient (Wildman–Crippen LogP) is 2.98. The number of carbonyl (C=O) groups is 1. The summed E-state index contributed by atoms with van der Waals surface area (Å²) in [5.41, 5.74) is 1.39. The average Bonchev–Trinajstić information content (AvgIpc) is 3.36. The normalized spacial score (nSPS) is 16.6. The fourth-order valence-electron chi connectivity index (χ4n) is 3.67. The third-order valence-corrected chi connectivity index (χ3v) is 6.82. The monoisotopic (exact) mass is 448 g/mol. The van der Waals surface area contributed by atoms with Crippen LogP contribution in [0.1, 0.15) is 44.9 Å². The quantitative estimate of drug-likeness (QED) is 0.637. The van der Waals surface area contributed by atoms with E-state index < -0.39 is 9.84 Å². The highest BCUT2D eigenvalue weighted by atomic mass is 32.2. The Labute approximate surface area is 184 Å². The molecule has 0 aliphatic carbocycles. The molecule has 2 amide bonds. The lowest BCUT2D eigenvalue weighted by Gasteiger charge is -2.24. The SMILES string of the molecule is CCN(Cc1cnc(S(=O)(=O)Cc2ccccc2)n1CC1CCCO1)C(=O)NC(C)C. The molecule has 1 aliphatic heterocycles. The Morgan fingerprint density at radius 2 is 2.06 bits per heavy atom. The third kappa shape index (κ3) is 6.07. The lowest BCUT2D eigenvalue weighted by atomic mass is 10.2. The molecule has 1 aliphatic rings. The molecule has 2 heterocycles. The number of nitrogens with one attached hydrogen (secondary N) is 1. The Balaban J connectivity index is 1.90. The van der Waals surface area contributed by atoms with E-state index in [0.717, 1.165) is 12.8 Å². The molecule has 0 spiro atoms. The molecule has 1 saturated heterocycles. The standard InChI is InChI=1S/C22H32N4O4S/c1-4-25(21(27)24-17(2)3)14-19-13-23-22(26(19)15-20-11-8-12-30-20)31(28,29)16-18-9-6-5-7-10-18/h5-7,9-10,13,17,20H,4,8,11-12,14-16H2,1-3H3,(H,24,27). The Kier molecular flexibility index (Phi) is 7.72. The number of benzene rings is 1. The number of carbonyl (C=O) groups excluding carboxylic acids is 1. The zero-order valence-corrected chi connectivity index (χ0v) is 19.3. The molecule has 31 heavy (non-hydrogen) atoms. The molecule has 1 fully saturated rings. The van der Waals surface area contributed by atoms with Gasteiger partial charge in [-0.25, -0.2) is 18.2 Å². The number of rotatable bonds is 9. The fourth-order valence-corrected chi connectivity index (χ4v) is 5.17. The van der Waals surface area contributed by atoms with E-state index >= 15 is 0 Å². The van der Waals surface area contributed by atoms with Crippen molar-refractivity contribution >= 4 is 15.9 Å². The highest BCUT2D eigenvalue weighted by molar-refractivity contribution is 7.90. The second-order valence-corrected chi connectivity index (χ2v) is 10.0. The van der Waals surface area contributed by atoms with E-state index in [1.807, 2.05) is 39.0 Å². The van der Waals surface area contributed by atoms with Gasteiger partial charge in [0.2, 0.25) is 15.0 Å². The first-order valence-electron chi connectivity index (χ1n) is 10.8. The second-order valence-electron chi connectivity index (χ2n) is 8.14. The summed E-state index contributed by atoms with van der Waals surface area (Å²) in [6, 6.07) is 8.91. The molecular weight excluding hydrogens is 416 g/mol. The maximum Gasteiger partial charge on any atom is 0.317 e. The Hall–Kier alpha value is -2.39. The Morgan fingerprint density at radius 1 is 1.32 bits per heavy atom. The van der Waals surface area contributed by atoms with Gasteiger partial charge in [0.25, 0.3) is 0 Å². The van der Waals surface area contributed by atoms with Crippen molar-refractivity contribution in [1.82, 2.24) is 19.8 Å². The van der Waals surface area contributed by atoms with Crippen molar-refractivity contribution in [2.24, 2.45) is 0 Å². The van der Waals surface area contributed by atoms with Crippen LogP contribution in [-0.4, -0.2) is 54.2 Å². The summed E-state index contributed by atoms with van der Waals surface area (Å²) < 4.78 is 33.9. The summed E-state index contributed by atoms with van der Waals surface area (Å²) >= 11 is 0. The molecule has 1 aromatic heterocycles. The van der Waals surface area contributed by atoms with E-state index in [9.17, 15) is 13.2 Å². The van der Waals surface area contributed by atoms with E-state index in [0.29, 0.717) is 31.0 Å². The van der Waals surface area contributed by atoms with Gasteiger partial charge in [-0.1, -0.05) is 30.3 Å². The van der Waals surface area contributed by atoms with Crippen molar-refractivity contribution in [2.75, 3.05) is 13.2 Å². The predicted molar refractivity (Wildman–Crippen MR) is 118 cm³/mol. The lowest BCUT2D eigenvalue weighted by molar-refractivity contribution is 0.0935. The highest BCUT2D eigenvalue weighted by Gasteiger charge is 2.28. The van der Waals surface area contributed by atoms with Gasteiger partial charge in [0.05, 0.1) is 36.8 Å². The first-order chi connectivity index (χ1) is 14.8. The van der Waals surface area contributed by atoms with Gasteiger partial charge >= 0.3 is 6.03 Å². The number of ether oxygens (including phenoxy) is 1. The van der Waals surface area contributed by atoms with Gasteiger partial charge in [-0.3, -0.25) is 0 Å². The number of aromatic nitrogens is 2. The summed E-state index contributed by atoms with van der Waals surface area (Å²) in [6.07, 6.45) is 3.34. The molecule has 8 nitrogen and oxygen atoms in total. The van der Waals surface area contributed by atoms with Crippen LogP contribution in [0.4, 0.5) is 4.79 Å². The van der Waals surface area contributed by atoms with Crippen molar-refractivity contribution in [3.8, 4) is 0 Å². The van der Waals surface area contributed by atoms with E-state index in [1.54, 1.807) is 27.8 Å².